The maximum Gasteiger partial charge on any atom is 0.173 e. The van der Waals surface area contributed by atoms with Gasteiger partial charge in [0.2, 0.25) is 0 Å². The summed E-state index contributed by atoms with van der Waals surface area (Å²) in [5.41, 5.74) is 2.99. The van der Waals surface area contributed by atoms with Gasteiger partial charge in [-0.05, 0) is 13.8 Å². The molecule has 0 saturated heterocycles. The standard InChI is InChI=1S/C9H17N3O2/c1-6-9(7(2)12-11-6)10-5-8(13-3)14-4/h8,10H,5H2,1-4H3,(H,11,12). The normalized spacial score (nSPS) is 10.9. The van der Waals surface area contributed by atoms with Crippen LogP contribution >= 0.6 is 0 Å². The Kier molecular flexibility index (Phi) is 3.91. The second kappa shape index (κ2) is 4.97. The van der Waals surface area contributed by atoms with Gasteiger partial charge in [0, 0.05) is 14.2 Å². The summed E-state index contributed by atoms with van der Waals surface area (Å²) in [5, 5.41) is 10.2. The van der Waals surface area contributed by atoms with Crippen molar-refractivity contribution < 1.29 is 9.47 Å². The van der Waals surface area contributed by atoms with Crippen LogP contribution in [0, 0.1) is 13.8 Å². The number of H-pyrrole nitrogens is 1. The first kappa shape index (κ1) is 11.0. The van der Waals surface area contributed by atoms with Crippen molar-refractivity contribution >= 4 is 5.69 Å². The van der Waals surface area contributed by atoms with Gasteiger partial charge in [0.15, 0.2) is 6.29 Å². The first-order chi connectivity index (χ1) is 6.69. The van der Waals surface area contributed by atoms with Crippen molar-refractivity contribution in [2.75, 3.05) is 26.1 Å². The number of aromatic amines is 1. The lowest BCUT2D eigenvalue weighted by atomic mass is 10.3. The van der Waals surface area contributed by atoms with Crippen LogP contribution in [0.3, 0.4) is 0 Å². The predicted molar refractivity (Wildman–Crippen MR) is 54.4 cm³/mol. The molecule has 0 aliphatic carbocycles. The lowest BCUT2D eigenvalue weighted by Gasteiger charge is -2.14. The number of aromatic nitrogens is 2. The van der Waals surface area contributed by atoms with Crippen LogP contribution in [-0.4, -0.2) is 37.3 Å². The summed E-state index contributed by atoms with van der Waals surface area (Å²) in [5.74, 6) is 0. The Morgan fingerprint density at radius 2 is 2.00 bits per heavy atom. The van der Waals surface area contributed by atoms with Gasteiger partial charge in [0.05, 0.1) is 23.6 Å². The third kappa shape index (κ3) is 2.46. The van der Waals surface area contributed by atoms with E-state index in [2.05, 4.69) is 15.5 Å². The summed E-state index contributed by atoms with van der Waals surface area (Å²) in [7, 11) is 3.23. The van der Waals surface area contributed by atoms with Gasteiger partial charge in [-0.3, -0.25) is 5.10 Å². The Hall–Kier alpha value is -1.07. The second-order valence-electron chi connectivity index (χ2n) is 3.09. The number of nitrogens with one attached hydrogen (secondary N) is 2. The van der Waals surface area contributed by atoms with E-state index in [1.165, 1.54) is 0 Å². The van der Waals surface area contributed by atoms with Gasteiger partial charge in [-0.25, -0.2) is 0 Å². The molecule has 0 bridgehead atoms. The summed E-state index contributed by atoms with van der Waals surface area (Å²) in [6.45, 7) is 4.52. The summed E-state index contributed by atoms with van der Waals surface area (Å²) in [6.07, 6.45) is -0.233. The number of hydrogen-bond acceptors (Lipinski definition) is 4. The molecule has 14 heavy (non-hydrogen) atoms. The molecule has 5 nitrogen and oxygen atoms in total. The molecule has 80 valence electrons. The smallest absolute Gasteiger partial charge is 0.173 e. The summed E-state index contributed by atoms with van der Waals surface area (Å²) >= 11 is 0. The van der Waals surface area contributed by atoms with Gasteiger partial charge in [-0.2, -0.15) is 5.10 Å². The fourth-order valence-electron chi connectivity index (χ4n) is 1.26. The van der Waals surface area contributed by atoms with Gasteiger partial charge in [0.25, 0.3) is 0 Å². The molecular formula is C9H17N3O2. The van der Waals surface area contributed by atoms with Crippen LogP contribution in [0.15, 0.2) is 0 Å². The maximum absolute atomic E-state index is 5.06. The van der Waals surface area contributed by atoms with Crippen LogP contribution in [0.5, 0.6) is 0 Å². The highest BCUT2D eigenvalue weighted by atomic mass is 16.7. The van der Waals surface area contributed by atoms with E-state index in [-0.39, 0.29) is 6.29 Å². The largest absolute Gasteiger partial charge is 0.377 e. The topological polar surface area (TPSA) is 59.2 Å². The zero-order valence-electron chi connectivity index (χ0n) is 9.05. The van der Waals surface area contributed by atoms with Crippen LogP contribution in [0.4, 0.5) is 5.69 Å². The molecule has 0 amide bonds. The predicted octanol–water partition coefficient (Wildman–Crippen LogP) is 1.06. The molecule has 5 heteroatoms. The van der Waals surface area contributed by atoms with Gasteiger partial charge in [-0.15, -0.1) is 0 Å². The fourth-order valence-corrected chi connectivity index (χ4v) is 1.26. The van der Waals surface area contributed by atoms with Crippen molar-refractivity contribution in [2.24, 2.45) is 0 Å². The van der Waals surface area contributed by atoms with E-state index in [0.717, 1.165) is 17.1 Å². The first-order valence-corrected chi connectivity index (χ1v) is 4.50. The Labute approximate surface area is 83.8 Å². The van der Waals surface area contributed by atoms with Crippen LogP contribution in [0.25, 0.3) is 0 Å². The number of methoxy groups -OCH3 is 2. The minimum Gasteiger partial charge on any atom is -0.377 e. The molecule has 0 fully saturated rings. The molecule has 1 rings (SSSR count). The van der Waals surface area contributed by atoms with Crippen molar-refractivity contribution in [1.29, 1.82) is 0 Å². The first-order valence-electron chi connectivity index (χ1n) is 4.50. The SMILES string of the molecule is COC(CNc1c(C)n[nH]c1C)OC. The highest BCUT2D eigenvalue weighted by Gasteiger charge is 2.09. The molecule has 0 saturated carbocycles. The summed E-state index contributed by atoms with van der Waals surface area (Å²) in [6, 6.07) is 0. The van der Waals surface area contributed by atoms with Crippen molar-refractivity contribution in [3.63, 3.8) is 0 Å². The van der Waals surface area contributed by atoms with E-state index in [4.69, 9.17) is 9.47 Å². The minimum absolute atomic E-state index is 0.233. The number of anilines is 1. The lowest BCUT2D eigenvalue weighted by molar-refractivity contribution is -0.0914. The van der Waals surface area contributed by atoms with Crippen LogP contribution < -0.4 is 5.32 Å². The molecule has 0 atom stereocenters. The maximum atomic E-state index is 5.06. The monoisotopic (exact) mass is 199 g/mol. The average Bonchev–Trinajstić information content (AvgIpc) is 2.50. The molecule has 0 aliphatic heterocycles. The molecule has 0 aromatic carbocycles. The number of nitrogens with zero attached hydrogens (tertiary/aromatic N) is 1. The third-order valence-electron chi connectivity index (χ3n) is 2.10. The van der Waals surface area contributed by atoms with E-state index in [0.29, 0.717) is 6.54 Å². The molecule has 2 N–H and O–H groups in total. The van der Waals surface area contributed by atoms with E-state index in [1.807, 2.05) is 13.8 Å². The van der Waals surface area contributed by atoms with E-state index in [1.54, 1.807) is 14.2 Å². The third-order valence-corrected chi connectivity index (χ3v) is 2.10. The van der Waals surface area contributed by atoms with Crippen molar-refractivity contribution in [3.05, 3.63) is 11.4 Å². The minimum atomic E-state index is -0.233. The zero-order chi connectivity index (χ0) is 10.6. The Morgan fingerprint density at radius 1 is 1.36 bits per heavy atom. The van der Waals surface area contributed by atoms with Gasteiger partial charge in [-0.1, -0.05) is 0 Å². The Balaban J connectivity index is 2.52. The summed E-state index contributed by atoms with van der Waals surface area (Å²) < 4.78 is 10.1. The van der Waals surface area contributed by atoms with E-state index in [9.17, 15) is 0 Å². The van der Waals surface area contributed by atoms with Gasteiger partial charge in [0.1, 0.15) is 0 Å². The molecule has 1 aromatic rings. The van der Waals surface area contributed by atoms with Crippen molar-refractivity contribution in [3.8, 4) is 0 Å². The van der Waals surface area contributed by atoms with E-state index >= 15 is 0 Å². The highest BCUT2D eigenvalue weighted by Crippen LogP contribution is 2.15. The number of ether oxygens (including phenoxy) is 2. The quantitative estimate of drug-likeness (QED) is 0.696. The summed E-state index contributed by atoms with van der Waals surface area (Å²) in [4.78, 5) is 0. The van der Waals surface area contributed by atoms with Crippen LogP contribution in [-0.2, 0) is 9.47 Å². The van der Waals surface area contributed by atoms with Crippen molar-refractivity contribution in [1.82, 2.24) is 10.2 Å². The second-order valence-corrected chi connectivity index (χ2v) is 3.09. The lowest BCUT2D eigenvalue weighted by Crippen LogP contribution is -2.23. The molecular weight excluding hydrogens is 182 g/mol. The van der Waals surface area contributed by atoms with E-state index < -0.39 is 0 Å². The number of aryl methyl sites for hydroxylation is 2. The zero-order valence-corrected chi connectivity index (χ0v) is 9.05. The fraction of sp³-hybridized carbons (Fsp3) is 0.667. The number of hydrogen-bond donors (Lipinski definition) is 2. The molecule has 1 heterocycles. The molecule has 0 radical (unpaired) electrons. The Bertz CT molecular complexity index is 262. The molecule has 1 aromatic heterocycles. The molecule has 0 aliphatic rings. The average molecular weight is 199 g/mol. The molecule has 0 spiro atoms. The van der Waals surface area contributed by atoms with Crippen molar-refractivity contribution in [2.45, 2.75) is 20.1 Å². The van der Waals surface area contributed by atoms with Gasteiger partial charge < -0.3 is 14.8 Å². The van der Waals surface area contributed by atoms with Crippen LogP contribution in [0.1, 0.15) is 11.4 Å². The molecule has 0 unspecified atom stereocenters. The highest BCUT2D eigenvalue weighted by molar-refractivity contribution is 5.51. The Morgan fingerprint density at radius 3 is 2.43 bits per heavy atom. The van der Waals surface area contributed by atoms with Gasteiger partial charge >= 0.3 is 0 Å². The van der Waals surface area contributed by atoms with Crippen LogP contribution in [0.2, 0.25) is 0 Å². The number of rotatable bonds is 5.